The molecular weight excluding hydrogens is 581 g/mol. The number of hydrogen-bond acceptors (Lipinski definition) is 10. The average Bonchev–Trinajstić information content (AvgIpc) is 3.42. The molecule has 0 saturated heterocycles. The minimum atomic E-state index is -0.793. The molecule has 0 aromatic carbocycles. The zero-order chi connectivity index (χ0) is 30.0. The van der Waals surface area contributed by atoms with E-state index in [9.17, 15) is 19.2 Å². The van der Waals surface area contributed by atoms with Gasteiger partial charge >= 0.3 is 5.97 Å². The van der Waals surface area contributed by atoms with Crippen LogP contribution < -0.4 is 5.32 Å². The maximum Gasteiger partial charge on any atom is 0.326 e. The van der Waals surface area contributed by atoms with Crippen molar-refractivity contribution >= 4 is 62.8 Å². The number of aliphatic imine (C=N–C) groups is 1. The predicted molar refractivity (Wildman–Crippen MR) is 169 cm³/mol. The summed E-state index contributed by atoms with van der Waals surface area (Å²) in [6.07, 6.45) is 12.0. The predicted octanol–water partition coefficient (Wildman–Crippen LogP) is 5.38. The lowest BCUT2D eigenvalue weighted by Crippen LogP contribution is -2.42. The molecular formula is C29H44N4O5S3. The van der Waals surface area contributed by atoms with E-state index < -0.39 is 18.1 Å². The van der Waals surface area contributed by atoms with E-state index in [4.69, 9.17) is 4.74 Å². The molecule has 2 bridgehead atoms. The van der Waals surface area contributed by atoms with Gasteiger partial charge < -0.3 is 15.0 Å². The Labute approximate surface area is 256 Å². The van der Waals surface area contributed by atoms with Gasteiger partial charge in [-0.25, -0.2) is 4.98 Å². The second-order valence-corrected chi connectivity index (χ2v) is 12.7. The van der Waals surface area contributed by atoms with Gasteiger partial charge in [0.15, 0.2) is 5.12 Å². The number of unbranched alkanes of at least 4 members (excludes halogenated alkanes) is 4. The van der Waals surface area contributed by atoms with E-state index in [1.165, 1.54) is 59.0 Å². The van der Waals surface area contributed by atoms with E-state index >= 15 is 0 Å². The van der Waals surface area contributed by atoms with Crippen LogP contribution in [0.4, 0.5) is 0 Å². The maximum absolute atomic E-state index is 13.2. The number of thioether (sulfide) groups is 2. The summed E-state index contributed by atoms with van der Waals surface area (Å²) in [4.78, 5) is 61.6. The molecule has 9 nitrogen and oxygen atoms in total. The molecule has 1 aromatic rings. The van der Waals surface area contributed by atoms with Crippen molar-refractivity contribution in [3.8, 4) is 0 Å². The van der Waals surface area contributed by atoms with Gasteiger partial charge in [-0.1, -0.05) is 57.4 Å². The number of nitrogens with zero attached hydrogens (tertiary/aromatic N) is 3. The van der Waals surface area contributed by atoms with Crippen LogP contribution >= 0.6 is 34.9 Å². The number of carbonyl (C=O) groups is 4. The number of hydrogen-bond donors (Lipinski definition) is 1. The Morgan fingerprint density at radius 1 is 1.20 bits per heavy atom. The van der Waals surface area contributed by atoms with Gasteiger partial charge in [0.1, 0.15) is 34.4 Å². The number of esters is 1. The molecule has 2 amide bonds. The van der Waals surface area contributed by atoms with Crippen LogP contribution in [0.2, 0.25) is 0 Å². The molecule has 1 N–H and O–H groups in total. The largest absolute Gasteiger partial charge is 0.456 e. The molecule has 0 fully saturated rings. The Kier molecular flexibility index (Phi) is 17.0. The van der Waals surface area contributed by atoms with E-state index in [0.29, 0.717) is 47.3 Å². The molecule has 1 aromatic heterocycles. The molecule has 0 spiro atoms. The zero-order valence-electron chi connectivity index (χ0n) is 24.7. The highest BCUT2D eigenvalue weighted by Gasteiger charge is 2.25. The number of rotatable bonds is 12. The van der Waals surface area contributed by atoms with Gasteiger partial charge in [0.25, 0.3) is 0 Å². The second kappa shape index (κ2) is 19.9. The van der Waals surface area contributed by atoms with E-state index in [1.807, 2.05) is 24.6 Å². The van der Waals surface area contributed by atoms with Gasteiger partial charge in [-0.05, 0) is 38.5 Å². The third-order valence-corrected chi connectivity index (χ3v) is 8.76. The van der Waals surface area contributed by atoms with Crippen LogP contribution in [0.5, 0.6) is 0 Å². The van der Waals surface area contributed by atoms with Crippen molar-refractivity contribution in [3.63, 3.8) is 0 Å². The highest BCUT2D eigenvalue weighted by atomic mass is 32.2. The summed E-state index contributed by atoms with van der Waals surface area (Å²) < 4.78 is 5.66. The topological polar surface area (TPSA) is 118 Å². The lowest BCUT2D eigenvalue weighted by molar-refractivity contribution is -0.153. The molecule has 1 aliphatic heterocycles. The molecule has 2 atom stereocenters. The third kappa shape index (κ3) is 13.6. The first kappa shape index (κ1) is 35.0. The molecule has 0 saturated carbocycles. The Morgan fingerprint density at radius 3 is 2.71 bits per heavy atom. The Morgan fingerprint density at radius 2 is 1.98 bits per heavy atom. The van der Waals surface area contributed by atoms with Crippen molar-refractivity contribution in [2.75, 3.05) is 25.1 Å². The number of allylic oxidation sites excluding steroid dienone is 1. The molecule has 0 radical (unpaired) electrons. The molecule has 12 heteroatoms. The third-order valence-electron chi connectivity index (χ3n) is 6.25. The van der Waals surface area contributed by atoms with Crippen LogP contribution in [-0.4, -0.2) is 75.1 Å². The SMILES string of the molecule is CCCCCCCC(=O)SCC/C=C/[C@@H]1CC(=O)NCc2nc(cs2)C(SC)=N[C@H](C)C(=O)N(CCC)CC(=O)O1. The van der Waals surface area contributed by atoms with Gasteiger partial charge in [-0.2, -0.15) is 0 Å². The Balaban J connectivity index is 2.07. The zero-order valence-corrected chi connectivity index (χ0v) is 27.1. The normalized spacial score (nSPS) is 19.3. The standard InChI is InChI=1S/C29H44N4O5S3/c1-5-7-8-9-10-14-27(36)40-16-12-11-13-22-17-24(34)30-18-25-32-23(20-41-25)28(39-4)31-21(3)29(37)33(15-6-2)19-26(35)38-22/h11,13,20-22H,5-10,12,14-19H2,1-4H3,(H,30,34)/b13-11+,31-28?/t21-,22-/m1/s1. The molecule has 1 aliphatic rings. The van der Waals surface area contributed by atoms with E-state index in [0.717, 1.165) is 12.8 Å². The van der Waals surface area contributed by atoms with Crippen LogP contribution in [0.1, 0.15) is 89.3 Å². The van der Waals surface area contributed by atoms with Crippen LogP contribution in [0.15, 0.2) is 22.5 Å². The van der Waals surface area contributed by atoms with Gasteiger partial charge in [0.2, 0.25) is 11.8 Å². The number of aromatic nitrogens is 1. The second-order valence-electron chi connectivity index (χ2n) is 9.81. The fourth-order valence-corrected chi connectivity index (χ4v) is 6.26. The first-order valence-electron chi connectivity index (χ1n) is 14.4. The summed E-state index contributed by atoms with van der Waals surface area (Å²) in [6.45, 7) is 6.21. The first-order chi connectivity index (χ1) is 19.8. The first-order valence-corrected chi connectivity index (χ1v) is 17.5. The Hall–Kier alpha value is -2.18. The quantitative estimate of drug-likeness (QED) is 0.187. The number of amides is 2. The summed E-state index contributed by atoms with van der Waals surface area (Å²) in [5, 5.41) is 6.25. The van der Waals surface area contributed by atoms with Crippen molar-refractivity contribution in [2.45, 2.75) is 97.2 Å². The van der Waals surface area contributed by atoms with Gasteiger partial charge in [-0.15, -0.1) is 23.1 Å². The number of ether oxygens (including phenoxy) is 1. The minimum absolute atomic E-state index is 0.0556. The fourth-order valence-electron chi connectivity index (χ4n) is 4.12. The highest BCUT2D eigenvalue weighted by Crippen LogP contribution is 2.18. The molecule has 2 heterocycles. The number of carbonyl (C=O) groups excluding carboxylic acids is 4. The van der Waals surface area contributed by atoms with Gasteiger partial charge in [0, 0.05) is 24.1 Å². The summed E-state index contributed by atoms with van der Waals surface area (Å²) in [7, 11) is 0. The number of fused-ring (bicyclic) bond motifs is 2. The molecule has 228 valence electrons. The van der Waals surface area contributed by atoms with E-state index in [-0.39, 0.29) is 36.4 Å². The van der Waals surface area contributed by atoms with Crippen LogP contribution in [0, 0.1) is 0 Å². The minimum Gasteiger partial charge on any atom is -0.456 e. The molecule has 2 rings (SSSR count). The van der Waals surface area contributed by atoms with Crippen molar-refractivity contribution < 1.29 is 23.9 Å². The van der Waals surface area contributed by atoms with Crippen molar-refractivity contribution in [1.29, 1.82) is 0 Å². The van der Waals surface area contributed by atoms with Crippen molar-refractivity contribution in [2.24, 2.45) is 4.99 Å². The van der Waals surface area contributed by atoms with Gasteiger partial charge in [0.05, 0.1) is 13.0 Å². The van der Waals surface area contributed by atoms with Gasteiger partial charge in [-0.3, -0.25) is 24.2 Å². The van der Waals surface area contributed by atoms with Crippen LogP contribution in [-0.2, 0) is 30.5 Å². The van der Waals surface area contributed by atoms with Crippen molar-refractivity contribution in [1.82, 2.24) is 15.2 Å². The monoisotopic (exact) mass is 624 g/mol. The summed E-state index contributed by atoms with van der Waals surface area (Å²) in [5.41, 5.74) is 0.661. The van der Waals surface area contributed by atoms with E-state index in [2.05, 4.69) is 22.2 Å². The summed E-state index contributed by atoms with van der Waals surface area (Å²) in [5.74, 6) is -0.510. The molecule has 0 unspecified atom stereocenters. The van der Waals surface area contributed by atoms with Crippen LogP contribution in [0.25, 0.3) is 0 Å². The highest BCUT2D eigenvalue weighted by molar-refractivity contribution is 8.14. The lowest BCUT2D eigenvalue weighted by atomic mass is 10.1. The summed E-state index contributed by atoms with van der Waals surface area (Å²) >= 11 is 4.12. The molecule has 41 heavy (non-hydrogen) atoms. The number of cyclic esters (lactones) is 1. The van der Waals surface area contributed by atoms with Crippen LogP contribution in [0.3, 0.4) is 0 Å². The average molecular weight is 625 g/mol. The Bertz CT molecular complexity index is 1060. The number of nitrogens with one attached hydrogen (secondary N) is 1. The fraction of sp³-hybridized carbons (Fsp3) is 0.655. The number of thiazole rings is 1. The van der Waals surface area contributed by atoms with E-state index in [1.54, 1.807) is 13.0 Å². The lowest BCUT2D eigenvalue weighted by Gasteiger charge is -2.24. The summed E-state index contributed by atoms with van der Waals surface area (Å²) in [6, 6.07) is -0.693. The smallest absolute Gasteiger partial charge is 0.326 e. The maximum atomic E-state index is 13.2. The molecule has 0 aliphatic carbocycles. The van der Waals surface area contributed by atoms with Crippen molar-refractivity contribution in [3.05, 3.63) is 28.2 Å².